The summed E-state index contributed by atoms with van der Waals surface area (Å²) in [6.07, 6.45) is 3.52. The molecule has 0 N–H and O–H groups in total. The number of carbonyl (C=O) groups is 1. The highest BCUT2D eigenvalue weighted by atomic mass is 16.6. The van der Waals surface area contributed by atoms with Gasteiger partial charge in [0.15, 0.2) is 0 Å². The van der Waals surface area contributed by atoms with Gasteiger partial charge >= 0.3 is 6.09 Å². The smallest absolute Gasteiger partial charge is 0.410 e. The van der Waals surface area contributed by atoms with E-state index in [-0.39, 0.29) is 11.7 Å². The first-order valence-corrected chi connectivity index (χ1v) is 6.63. The van der Waals surface area contributed by atoms with Crippen LogP contribution in [0.25, 0.3) is 0 Å². The Bertz CT molecular complexity index is 283. The maximum absolute atomic E-state index is 11.6. The number of piperidine rings is 1. The summed E-state index contributed by atoms with van der Waals surface area (Å²) in [5.74, 6) is 0.780. The normalized spacial score (nSPS) is 26.3. The lowest BCUT2D eigenvalue weighted by molar-refractivity contribution is 0.0858. The second-order valence-corrected chi connectivity index (χ2v) is 6.08. The maximum atomic E-state index is 11.6. The SMILES string of the molecule is CN1CCC(CCN2CC(C)(C)OC2=O)CC1. The van der Waals surface area contributed by atoms with Gasteiger partial charge in [-0.1, -0.05) is 0 Å². The molecule has 0 radical (unpaired) electrons. The van der Waals surface area contributed by atoms with E-state index in [1.807, 2.05) is 18.7 Å². The molecule has 0 saturated carbocycles. The number of hydrogen-bond donors (Lipinski definition) is 0. The van der Waals surface area contributed by atoms with Crippen LogP contribution in [0, 0.1) is 5.92 Å². The van der Waals surface area contributed by atoms with Gasteiger partial charge in [-0.15, -0.1) is 0 Å². The predicted octanol–water partition coefficient (Wildman–Crippen LogP) is 1.95. The fourth-order valence-electron chi connectivity index (χ4n) is 2.72. The number of hydrogen-bond acceptors (Lipinski definition) is 3. The number of ether oxygens (including phenoxy) is 1. The average molecular weight is 240 g/mol. The molecule has 0 spiro atoms. The topological polar surface area (TPSA) is 32.8 Å². The third-order valence-electron chi connectivity index (χ3n) is 3.84. The lowest BCUT2D eigenvalue weighted by Crippen LogP contribution is -2.34. The molecule has 4 nitrogen and oxygen atoms in total. The average Bonchev–Trinajstić information content (AvgIpc) is 2.51. The van der Waals surface area contributed by atoms with Gasteiger partial charge < -0.3 is 14.5 Å². The molecular weight excluding hydrogens is 216 g/mol. The van der Waals surface area contributed by atoms with Crippen molar-refractivity contribution >= 4 is 6.09 Å². The summed E-state index contributed by atoms with van der Waals surface area (Å²) >= 11 is 0. The minimum absolute atomic E-state index is 0.136. The molecule has 1 amide bonds. The Balaban J connectivity index is 1.74. The first kappa shape index (κ1) is 12.7. The predicted molar refractivity (Wildman–Crippen MR) is 67.0 cm³/mol. The van der Waals surface area contributed by atoms with E-state index in [2.05, 4.69) is 11.9 Å². The van der Waals surface area contributed by atoms with Gasteiger partial charge in [-0.05, 0) is 59.2 Å². The Kier molecular flexibility index (Phi) is 3.61. The molecule has 2 fully saturated rings. The highest BCUT2D eigenvalue weighted by Crippen LogP contribution is 2.24. The van der Waals surface area contributed by atoms with E-state index >= 15 is 0 Å². The number of nitrogens with zero attached hydrogens (tertiary/aromatic N) is 2. The van der Waals surface area contributed by atoms with Gasteiger partial charge in [0.1, 0.15) is 5.60 Å². The second-order valence-electron chi connectivity index (χ2n) is 6.08. The molecule has 17 heavy (non-hydrogen) atoms. The Labute approximate surface area is 104 Å². The number of amides is 1. The van der Waals surface area contributed by atoms with Gasteiger partial charge in [0.2, 0.25) is 0 Å². The summed E-state index contributed by atoms with van der Waals surface area (Å²) in [5.41, 5.74) is -0.302. The summed E-state index contributed by atoms with van der Waals surface area (Å²) in [6.45, 7) is 7.93. The van der Waals surface area contributed by atoms with Gasteiger partial charge in [0, 0.05) is 6.54 Å². The molecule has 0 aromatic rings. The fourth-order valence-corrected chi connectivity index (χ4v) is 2.72. The molecule has 0 unspecified atom stereocenters. The van der Waals surface area contributed by atoms with Crippen LogP contribution in [0.5, 0.6) is 0 Å². The van der Waals surface area contributed by atoms with Crippen molar-refractivity contribution in [2.24, 2.45) is 5.92 Å². The molecular formula is C13H24N2O2. The third kappa shape index (κ3) is 3.35. The van der Waals surface area contributed by atoms with Crippen LogP contribution in [-0.4, -0.2) is 54.7 Å². The monoisotopic (exact) mass is 240 g/mol. The lowest BCUT2D eigenvalue weighted by atomic mass is 9.93. The summed E-state index contributed by atoms with van der Waals surface area (Å²) in [5, 5.41) is 0. The summed E-state index contributed by atoms with van der Waals surface area (Å²) in [4.78, 5) is 15.8. The van der Waals surface area contributed by atoms with Crippen LogP contribution in [0.2, 0.25) is 0 Å². The minimum Gasteiger partial charge on any atom is -0.441 e. The van der Waals surface area contributed by atoms with Crippen LogP contribution in [0.15, 0.2) is 0 Å². The minimum atomic E-state index is -0.302. The quantitative estimate of drug-likeness (QED) is 0.756. The summed E-state index contributed by atoms with van der Waals surface area (Å²) in [6, 6.07) is 0. The molecule has 2 aliphatic heterocycles. The largest absolute Gasteiger partial charge is 0.441 e. The number of likely N-dealkylation sites (tertiary alicyclic amines) is 1. The number of cyclic esters (lactones) is 1. The Morgan fingerprint density at radius 1 is 1.35 bits per heavy atom. The van der Waals surface area contributed by atoms with Crippen LogP contribution in [0.1, 0.15) is 33.1 Å². The Morgan fingerprint density at radius 2 is 2.00 bits per heavy atom. The summed E-state index contributed by atoms with van der Waals surface area (Å²) in [7, 11) is 2.18. The van der Waals surface area contributed by atoms with E-state index in [0.29, 0.717) is 0 Å². The molecule has 0 aliphatic carbocycles. The van der Waals surface area contributed by atoms with E-state index in [1.165, 1.54) is 25.9 Å². The number of carbonyl (C=O) groups excluding carboxylic acids is 1. The van der Waals surface area contributed by atoms with Gasteiger partial charge in [-0.25, -0.2) is 4.79 Å². The Hall–Kier alpha value is -0.770. The molecule has 2 rings (SSSR count). The van der Waals surface area contributed by atoms with Gasteiger partial charge in [0.25, 0.3) is 0 Å². The molecule has 2 saturated heterocycles. The molecule has 0 aromatic carbocycles. The van der Waals surface area contributed by atoms with Crippen molar-refractivity contribution in [2.45, 2.75) is 38.7 Å². The van der Waals surface area contributed by atoms with Crippen molar-refractivity contribution in [1.82, 2.24) is 9.80 Å². The highest BCUT2D eigenvalue weighted by molar-refractivity contribution is 5.70. The first-order chi connectivity index (χ1) is 7.96. The van der Waals surface area contributed by atoms with E-state index in [0.717, 1.165) is 25.4 Å². The molecule has 2 heterocycles. The molecule has 98 valence electrons. The standard InChI is InChI=1S/C13H24N2O2/c1-13(2)10-15(12(16)17-13)9-6-11-4-7-14(3)8-5-11/h11H,4-10H2,1-3H3. The highest BCUT2D eigenvalue weighted by Gasteiger charge is 2.37. The zero-order valence-corrected chi connectivity index (χ0v) is 11.2. The molecule has 0 aromatic heterocycles. The van der Waals surface area contributed by atoms with Gasteiger partial charge in [-0.2, -0.15) is 0 Å². The zero-order chi connectivity index (χ0) is 12.5. The van der Waals surface area contributed by atoms with Crippen LogP contribution >= 0.6 is 0 Å². The van der Waals surface area contributed by atoms with Crippen molar-refractivity contribution in [2.75, 3.05) is 33.2 Å². The van der Waals surface area contributed by atoms with Crippen molar-refractivity contribution in [3.05, 3.63) is 0 Å². The van der Waals surface area contributed by atoms with Crippen LogP contribution < -0.4 is 0 Å². The Morgan fingerprint density at radius 3 is 2.53 bits per heavy atom. The van der Waals surface area contributed by atoms with E-state index in [9.17, 15) is 4.79 Å². The van der Waals surface area contributed by atoms with Crippen molar-refractivity contribution in [3.8, 4) is 0 Å². The zero-order valence-electron chi connectivity index (χ0n) is 11.2. The molecule has 0 bridgehead atoms. The van der Waals surface area contributed by atoms with E-state index in [1.54, 1.807) is 0 Å². The van der Waals surface area contributed by atoms with E-state index < -0.39 is 0 Å². The van der Waals surface area contributed by atoms with Crippen molar-refractivity contribution < 1.29 is 9.53 Å². The summed E-state index contributed by atoms with van der Waals surface area (Å²) < 4.78 is 5.30. The first-order valence-electron chi connectivity index (χ1n) is 6.63. The van der Waals surface area contributed by atoms with Crippen LogP contribution in [-0.2, 0) is 4.74 Å². The fraction of sp³-hybridized carbons (Fsp3) is 0.923. The second kappa shape index (κ2) is 4.84. The van der Waals surface area contributed by atoms with Crippen LogP contribution in [0.3, 0.4) is 0 Å². The van der Waals surface area contributed by atoms with Crippen molar-refractivity contribution in [3.63, 3.8) is 0 Å². The maximum Gasteiger partial charge on any atom is 0.410 e. The number of rotatable bonds is 3. The van der Waals surface area contributed by atoms with Gasteiger partial charge in [0.05, 0.1) is 6.54 Å². The molecule has 4 heteroatoms. The van der Waals surface area contributed by atoms with E-state index in [4.69, 9.17) is 4.74 Å². The van der Waals surface area contributed by atoms with Crippen molar-refractivity contribution in [1.29, 1.82) is 0 Å². The lowest BCUT2D eigenvalue weighted by Gasteiger charge is -2.29. The third-order valence-corrected chi connectivity index (χ3v) is 3.84. The molecule has 2 aliphatic rings. The van der Waals surface area contributed by atoms with Gasteiger partial charge in [-0.3, -0.25) is 0 Å². The van der Waals surface area contributed by atoms with Crippen LogP contribution in [0.4, 0.5) is 4.79 Å². The molecule has 0 atom stereocenters.